The van der Waals surface area contributed by atoms with E-state index < -0.39 is 17.4 Å². The Morgan fingerprint density at radius 2 is 1.85 bits per heavy atom. The lowest BCUT2D eigenvalue weighted by molar-refractivity contribution is 0.0189. The fourth-order valence-electron chi connectivity index (χ4n) is 4.61. The van der Waals surface area contributed by atoms with Crippen molar-refractivity contribution in [2.45, 2.75) is 52.2 Å². The summed E-state index contributed by atoms with van der Waals surface area (Å²) in [5.74, 6) is -1.30. The maximum absolute atomic E-state index is 15.0. The molecule has 0 aliphatic carbocycles. The van der Waals surface area contributed by atoms with Gasteiger partial charge >= 0.3 is 12.1 Å². The topological polar surface area (TPSA) is 119 Å². The first kappa shape index (κ1) is 28.8. The van der Waals surface area contributed by atoms with Crippen molar-refractivity contribution in [2.24, 2.45) is 0 Å². The number of likely N-dealkylation sites (tertiary alicyclic amines) is 1. The van der Waals surface area contributed by atoms with Crippen molar-refractivity contribution >= 4 is 40.5 Å². The number of ether oxygens (including phenoxy) is 2. The van der Waals surface area contributed by atoms with Crippen LogP contribution in [0.25, 0.3) is 11.0 Å². The number of carbonyl (C=O) groups excluding carboxylic acids is 3. The van der Waals surface area contributed by atoms with E-state index in [1.807, 2.05) is 25.3 Å². The summed E-state index contributed by atoms with van der Waals surface area (Å²) in [5, 5.41) is 3.36. The largest absolute Gasteiger partial charge is 0.462 e. The van der Waals surface area contributed by atoms with E-state index >= 15 is 4.39 Å². The van der Waals surface area contributed by atoms with E-state index in [-0.39, 0.29) is 47.3 Å². The average molecular weight is 555 g/mol. The summed E-state index contributed by atoms with van der Waals surface area (Å²) in [6.07, 6.45) is 3.91. The van der Waals surface area contributed by atoms with Gasteiger partial charge in [0.15, 0.2) is 0 Å². The maximum Gasteiger partial charge on any atom is 0.410 e. The average Bonchev–Trinajstić information content (AvgIpc) is 3.29. The van der Waals surface area contributed by atoms with Gasteiger partial charge in [0.2, 0.25) is 0 Å². The van der Waals surface area contributed by atoms with Crippen molar-refractivity contribution in [3.05, 3.63) is 47.7 Å². The number of nitrogens with zero attached hydrogens (tertiary/aromatic N) is 5. The van der Waals surface area contributed by atoms with Crippen molar-refractivity contribution in [3.63, 3.8) is 0 Å². The molecule has 2 amide bonds. The highest BCUT2D eigenvalue weighted by atomic mass is 19.1. The van der Waals surface area contributed by atoms with Crippen molar-refractivity contribution in [2.75, 3.05) is 39.1 Å². The van der Waals surface area contributed by atoms with E-state index in [1.165, 1.54) is 23.4 Å². The van der Waals surface area contributed by atoms with Crippen molar-refractivity contribution in [1.29, 1.82) is 0 Å². The van der Waals surface area contributed by atoms with Gasteiger partial charge in [0.1, 0.15) is 29.2 Å². The van der Waals surface area contributed by atoms with Crippen LogP contribution in [0.4, 0.5) is 20.7 Å². The lowest BCUT2D eigenvalue weighted by Crippen LogP contribution is -2.42. The zero-order chi connectivity index (χ0) is 29.2. The van der Waals surface area contributed by atoms with Crippen molar-refractivity contribution in [1.82, 2.24) is 24.3 Å². The van der Waals surface area contributed by atoms with E-state index in [2.05, 4.69) is 15.3 Å². The number of anilines is 2. The SMILES string of the molecule is CCOC(=O)c1cn(C2CCN(C(=O)OC(C)(C)C)CC2)c2ncnc(Nc3ccc(C(=O)N(C)C)cc3F)c12. The minimum absolute atomic E-state index is 0.0554. The Morgan fingerprint density at radius 1 is 1.15 bits per heavy atom. The lowest BCUT2D eigenvalue weighted by Gasteiger charge is -2.34. The second-order valence-electron chi connectivity index (χ2n) is 10.8. The molecule has 1 fully saturated rings. The Balaban J connectivity index is 1.66. The second-order valence-corrected chi connectivity index (χ2v) is 10.8. The summed E-state index contributed by atoms with van der Waals surface area (Å²) in [6.45, 7) is 8.33. The molecule has 4 rings (SSSR count). The molecule has 11 nitrogen and oxygen atoms in total. The van der Waals surface area contributed by atoms with E-state index in [9.17, 15) is 14.4 Å². The third-order valence-electron chi connectivity index (χ3n) is 6.49. The van der Waals surface area contributed by atoms with Crippen molar-refractivity contribution < 1.29 is 28.2 Å². The minimum atomic E-state index is -0.647. The molecule has 0 atom stereocenters. The first-order valence-electron chi connectivity index (χ1n) is 13.2. The molecule has 0 radical (unpaired) electrons. The molecule has 1 aromatic carbocycles. The normalized spacial score (nSPS) is 14.2. The summed E-state index contributed by atoms with van der Waals surface area (Å²) in [6, 6.07) is 4.06. The summed E-state index contributed by atoms with van der Waals surface area (Å²) >= 11 is 0. The molecule has 40 heavy (non-hydrogen) atoms. The number of halogens is 1. The summed E-state index contributed by atoms with van der Waals surface area (Å²) < 4.78 is 27.7. The summed E-state index contributed by atoms with van der Waals surface area (Å²) in [7, 11) is 3.18. The number of hydrogen-bond donors (Lipinski definition) is 1. The van der Waals surface area contributed by atoms with E-state index in [0.29, 0.717) is 37.0 Å². The molecule has 0 saturated carbocycles. The molecular formula is C28H35FN6O5. The predicted molar refractivity (Wildman–Crippen MR) is 147 cm³/mol. The standard InChI is InChI=1S/C28H35FN6O5/c1-7-39-26(37)19-15-35(18-10-12-34(13-11-18)27(38)40-28(2,3)4)24-22(19)23(30-16-31-24)32-21-9-8-17(14-20(21)29)25(36)33(5)6/h8-9,14-16,18H,7,10-13H2,1-6H3,(H,30,31,32). The van der Waals surface area contributed by atoms with E-state index in [0.717, 1.165) is 6.07 Å². The van der Waals surface area contributed by atoms with Gasteiger partial charge in [-0.25, -0.2) is 23.9 Å². The number of hydrogen-bond acceptors (Lipinski definition) is 8. The van der Waals surface area contributed by atoms with Crippen LogP contribution in [0.15, 0.2) is 30.7 Å². The van der Waals surface area contributed by atoms with Gasteiger partial charge in [-0.05, 0) is 58.7 Å². The van der Waals surface area contributed by atoms with Gasteiger partial charge in [-0.2, -0.15) is 0 Å². The smallest absolute Gasteiger partial charge is 0.410 e. The molecule has 0 unspecified atom stereocenters. The van der Waals surface area contributed by atoms with Crippen molar-refractivity contribution in [3.8, 4) is 0 Å². The van der Waals surface area contributed by atoms with Gasteiger partial charge in [-0.15, -0.1) is 0 Å². The molecule has 12 heteroatoms. The first-order valence-corrected chi connectivity index (χ1v) is 13.2. The fraction of sp³-hybridized carbons (Fsp3) is 0.464. The summed E-state index contributed by atoms with van der Waals surface area (Å²) in [5.41, 5.74) is 0.437. The molecule has 0 bridgehead atoms. The molecule has 1 saturated heterocycles. The molecule has 1 N–H and O–H groups in total. The Bertz CT molecular complexity index is 1420. The molecular weight excluding hydrogens is 519 g/mol. The highest BCUT2D eigenvalue weighted by Gasteiger charge is 2.30. The van der Waals surface area contributed by atoms with Gasteiger partial charge in [-0.1, -0.05) is 0 Å². The summed E-state index contributed by atoms with van der Waals surface area (Å²) in [4.78, 5) is 49.5. The van der Waals surface area contributed by atoms with Gasteiger partial charge < -0.3 is 29.2 Å². The van der Waals surface area contributed by atoms with Gasteiger partial charge in [-0.3, -0.25) is 4.79 Å². The van der Waals surface area contributed by atoms with Gasteiger partial charge in [0.05, 0.1) is 23.2 Å². The van der Waals surface area contributed by atoms with Crippen LogP contribution in [0.1, 0.15) is 67.3 Å². The number of fused-ring (bicyclic) bond motifs is 1. The van der Waals surface area contributed by atoms with Crippen LogP contribution < -0.4 is 5.32 Å². The quantitative estimate of drug-likeness (QED) is 0.433. The molecule has 3 heterocycles. The molecule has 214 valence electrons. The fourth-order valence-corrected chi connectivity index (χ4v) is 4.61. The van der Waals surface area contributed by atoms with Crippen LogP contribution in [0.2, 0.25) is 0 Å². The second kappa shape index (κ2) is 11.5. The first-order chi connectivity index (χ1) is 18.9. The van der Waals surface area contributed by atoms with Crippen LogP contribution in [-0.2, 0) is 9.47 Å². The maximum atomic E-state index is 15.0. The van der Waals surface area contributed by atoms with Gasteiger partial charge in [0.25, 0.3) is 5.91 Å². The Kier molecular flexibility index (Phi) is 8.26. The number of carbonyl (C=O) groups is 3. The van der Waals surface area contributed by atoms with E-state index in [1.54, 1.807) is 32.1 Å². The number of aromatic nitrogens is 3. The minimum Gasteiger partial charge on any atom is -0.462 e. The third-order valence-corrected chi connectivity index (χ3v) is 6.49. The molecule has 3 aromatic rings. The van der Waals surface area contributed by atoms with Crippen LogP contribution in [-0.4, -0.2) is 81.7 Å². The van der Waals surface area contributed by atoms with E-state index in [4.69, 9.17) is 9.47 Å². The molecule has 1 aliphatic heterocycles. The molecule has 0 spiro atoms. The molecule has 1 aliphatic rings. The monoisotopic (exact) mass is 554 g/mol. The predicted octanol–water partition coefficient (Wildman–Crippen LogP) is 4.76. The number of piperidine rings is 1. The lowest BCUT2D eigenvalue weighted by atomic mass is 10.1. The zero-order valence-corrected chi connectivity index (χ0v) is 23.7. The van der Waals surface area contributed by atoms with Crippen LogP contribution >= 0.6 is 0 Å². The zero-order valence-electron chi connectivity index (χ0n) is 23.7. The Labute approximate surface area is 232 Å². The number of esters is 1. The van der Waals surface area contributed by atoms with Crippen LogP contribution in [0.5, 0.6) is 0 Å². The molecule has 2 aromatic heterocycles. The number of amides is 2. The number of rotatable bonds is 6. The third kappa shape index (κ3) is 6.16. The van der Waals surface area contributed by atoms with Crippen LogP contribution in [0, 0.1) is 5.82 Å². The number of benzene rings is 1. The Morgan fingerprint density at radius 3 is 2.45 bits per heavy atom. The highest BCUT2D eigenvalue weighted by molar-refractivity contribution is 6.08. The number of nitrogens with one attached hydrogen (secondary N) is 1. The van der Waals surface area contributed by atoms with Gasteiger partial charge in [0, 0.05) is 45.0 Å². The van der Waals surface area contributed by atoms with Crippen LogP contribution in [0.3, 0.4) is 0 Å². The highest BCUT2D eigenvalue weighted by Crippen LogP contribution is 2.34. The Hall–Kier alpha value is -4.22.